The Kier molecular flexibility index (Phi) is 9.42. The van der Waals surface area contributed by atoms with Crippen molar-refractivity contribution in [3.05, 3.63) is 34.1 Å². The van der Waals surface area contributed by atoms with Gasteiger partial charge in [0.25, 0.3) is 0 Å². The molecule has 2 aromatic rings. The number of aromatic nitrogens is 3. The molecule has 0 aliphatic carbocycles. The summed E-state index contributed by atoms with van der Waals surface area (Å²) in [5, 5.41) is 6.96. The minimum Gasteiger partial charge on any atom is -0.353 e. The van der Waals surface area contributed by atoms with Crippen molar-refractivity contribution in [3.63, 3.8) is 0 Å². The van der Waals surface area contributed by atoms with E-state index in [0.717, 1.165) is 0 Å². The molecule has 150 valence electrons. The molecule has 12 heteroatoms. The fourth-order valence-corrected chi connectivity index (χ4v) is 2.31. The van der Waals surface area contributed by atoms with E-state index in [0.29, 0.717) is 22.3 Å². The fourth-order valence-electron chi connectivity index (χ4n) is 1.76. The van der Waals surface area contributed by atoms with Gasteiger partial charge in [0.2, 0.25) is 15.7 Å². The van der Waals surface area contributed by atoms with Crippen molar-refractivity contribution < 1.29 is 0 Å². The second-order valence-corrected chi connectivity index (χ2v) is 8.85. The van der Waals surface area contributed by atoms with Crippen molar-refractivity contribution in [2.45, 2.75) is 16.8 Å². The van der Waals surface area contributed by atoms with Crippen LogP contribution in [0.4, 0.5) is 17.6 Å². The first kappa shape index (κ1) is 24.6. The molecule has 1 aromatic heterocycles. The summed E-state index contributed by atoms with van der Waals surface area (Å²) in [5.74, 6) is 0.498. The summed E-state index contributed by atoms with van der Waals surface area (Å²) < 4.78 is -1.79. The third-order valence-electron chi connectivity index (χ3n) is 3.50. The van der Waals surface area contributed by atoms with Gasteiger partial charge in [0, 0.05) is 18.3 Å². The van der Waals surface area contributed by atoms with E-state index in [1.165, 1.54) is 0 Å². The molecule has 0 fully saturated rings. The molecule has 2 rings (SSSR count). The Labute approximate surface area is 189 Å². The lowest BCUT2D eigenvalue weighted by Crippen LogP contribution is -2.32. The molecule has 1 heterocycles. The molecule has 0 saturated carbocycles. The normalized spacial score (nSPS) is 12.5. The number of nitrogens with zero attached hydrogens (tertiary/aromatic N) is 4. The quantitative estimate of drug-likeness (QED) is 0.514. The van der Waals surface area contributed by atoms with Crippen molar-refractivity contribution in [1.82, 2.24) is 19.9 Å². The molecule has 6 nitrogen and oxygen atoms in total. The Balaban J connectivity index is 0.00000364. The Morgan fingerprint density at radius 2 is 1.67 bits per heavy atom. The number of alkyl halides is 3. The van der Waals surface area contributed by atoms with Crippen molar-refractivity contribution in [2.75, 3.05) is 31.3 Å². The smallest absolute Gasteiger partial charge is 0.250 e. The Bertz CT molecular complexity index is 767. The number of likely N-dealkylation sites (N-methyl/N-ethyl adjacent to an activating group) is 1. The molecule has 1 unspecified atom stereocenters. The van der Waals surface area contributed by atoms with Gasteiger partial charge in [-0.05, 0) is 39.2 Å². The van der Waals surface area contributed by atoms with E-state index in [1.54, 1.807) is 18.2 Å². The van der Waals surface area contributed by atoms with Crippen molar-refractivity contribution in [1.29, 1.82) is 0 Å². The number of hydrogen-bond donors (Lipinski definition) is 2. The fraction of sp³-hybridized carbons (Fsp3) is 0.400. The molecule has 0 bridgehead atoms. The number of anilines is 3. The molecule has 0 amide bonds. The topological polar surface area (TPSA) is 66.0 Å². The molecular formula is C15H18Cl6N6. The Hall–Kier alpha value is -0.470. The van der Waals surface area contributed by atoms with Crippen LogP contribution in [0.15, 0.2) is 18.2 Å². The van der Waals surface area contributed by atoms with Crippen LogP contribution in [0.3, 0.4) is 0 Å². The predicted octanol–water partition coefficient (Wildman–Crippen LogP) is 5.53. The highest BCUT2D eigenvalue weighted by atomic mass is 35.6. The average Bonchev–Trinajstić information content (AvgIpc) is 2.55. The maximum atomic E-state index is 6.02. The zero-order valence-electron chi connectivity index (χ0n) is 14.6. The van der Waals surface area contributed by atoms with E-state index in [9.17, 15) is 0 Å². The molecule has 1 aromatic carbocycles. The van der Waals surface area contributed by atoms with Gasteiger partial charge in [-0.1, -0.05) is 58.0 Å². The van der Waals surface area contributed by atoms with Crippen LogP contribution in [0.2, 0.25) is 10.0 Å². The maximum Gasteiger partial charge on any atom is 0.250 e. The number of nitrogens with one attached hydrogen (secondary N) is 2. The van der Waals surface area contributed by atoms with Crippen LogP contribution in [-0.4, -0.2) is 46.5 Å². The van der Waals surface area contributed by atoms with Crippen LogP contribution in [0.5, 0.6) is 0 Å². The van der Waals surface area contributed by atoms with Gasteiger partial charge < -0.3 is 15.5 Å². The van der Waals surface area contributed by atoms with Gasteiger partial charge in [-0.2, -0.15) is 15.0 Å². The van der Waals surface area contributed by atoms with Crippen molar-refractivity contribution >= 4 is 88.0 Å². The lowest BCUT2D eigenvalue weighted by Gasteiger charge is -2.20. The van der Waals surface area contributed by atoms with E-state index in [4.69, 9.17) is 58.0 Å². The van der Waals surface area contributed by atoms with E-state index in [-0.39, 0.29) is 36.2 Å². The van der Waals surface area contributed by atoms with E-state index >= 15 is 0 Å². The molecular weight excluding hydrogens is 477 g/mol. The number of rotatable bonds is 6. The summed E-state index contributed by atoms with van der Waals surface area (Å²) >= 11 is 29.8. The summed E-state index contributed by atoms with van der Waals surface area (Å²) in [6, 6.07) is 5.27. The van der Waals surface area contributed by atoms with E-state index in [2.05, 4.69) is 37.4 Å². The first-order chi connectivity index (χ1) is 12.1. The van der Waals surface area contributed by atoms with Gasteiger partial charge in [-0.15, -0.1) is 12.4 Å². The van der Waals surface area contributed by atoms with Gasteiger partial charge in [0.15, 0.2) is 5.82 Å². The highest BCUT2D eigenvalue weighted by Crippen LogP contribution is 2.36. The summed E-state index contributed by atoms with van der Waals surface area (Å²) in [6.07, 6.45) is 0. The first-order valence-corrected chi connectivity index (χ1v) is 9.41. The lowest BCUT2D eigenvalue weighted by atomic mass is 10.3. The number of hydrogen-bond acceptors (Lipinski definition) is 6. The van der Waals surface area contributed by atoms with Crippen LogP contribution in [-0.2, 0) is 3.79 Å². The summed E-state index contributed by atoms with van der Waals surface area (Å²) in [7, 11) is 3.95. The van der Waals surface area contributed by atoms with Crippen molar-refractivity contribution in [2.24, 2.45) is 0 Å². The van der Waals surface area contributed by atoms with Gasteiger partial charge in [0.1, 0.15) is 0 Å². The second-order valence-electron chi connectivity index (χ2n) is 5.75. The largest absolute Gasteiger partial charge is 0.353 e. The van der Waals surface area contributed by atoms with Gasteiger partial charge in [-0.25, -0.2) is 0 Å². The van der Waals surface area contributed by atoms with E-state index < -0.39 is 3.79 Å². The van der Waals surface area contributed by atoms with Crippen LogP contribution < -0.4 is 10.6 Å². The van der Waals surface area contributed by atoms with Crippen LogP contribution in [0.25, 0.3) is 0 Å². The van der Waals surface area contributed by atoms with Gasteiger partial charge in [0.05, 0.1) is 10.0 Å². The summed E-state index contributed by atoms with van der Waals surface area (Å²) in [5.41, 5.74) is 0.633. The summed E-state index contributed by atoms with van der Waals surface area (Å²) in [4.78, 5) is 14.7. The number of halogens is 6. The van der Waals surface area contributed by atoms with Crippen LogP contribution in [0.1, 0.15) is 12.7 Å². The SMILES string of the molecule is CC(CNc1nc(Nc2ccc(Cl)c(Cl)c2)nc(C(Cl)(Cl)Cl)n1)N(C)C.Cl. The monoisotopic (exact) mass is 492 g/mol. The zero-order chi connectivity index (χ0) is 19.5. The molecule has 0 radical (unpaired) electrons. The third kappa shape index (κ3) is 7.46. The average molecular weight is 495 g/mol. The van der Waals surface area contributed by atoms with Crippen LogP contribution >= 0.6 is 70.4 Å². The minimum atomic E-state index is -1.79. The highest BCUT2D eigenvalue weighted by molar-refractivity contribution is 6.66. The molecule has 27 heavy (non-hydrogen) atoms. The lowest BCUT2D eigenvalue weighted by molar-refractivity contribution is 0.325. The molecule has 0 aliphatic heterocycles. The van der Waals surface area contributed by atoms with Crippen LogP contribution in [0, 0.1) is 0 Å². The third-order valence-corrected chi connectivity index (χ3v) is 4.75. The zero-order valence-corrected chi connectivity index (χ0v) is 19.2. The summed E-state index contributed by atoms with van der Waals surface area (Å²) in [6.45, 7) is 2.65. The maximum absolute atomic E-state index is 6.02. The van der Waals surface area contributed by atoms with Crippen molar-refractivity contribution in [3.8, 4) is 0 Å². The first-order valence-electron chi connectivity index (χ1n) is 7.52. The molecule has 0 aliphatic rings. The van der Waals surface area contributed by atoms with Gasteiger partial charge in [-0.3, -0.25) is 0 Å². The Morgan fingerprint density at radius 1 is 1.04 bits per heavy atom. The molecule has 0 spiro atoms. The molecule has 2 N–H and O–H groups in total. The highest BCUT2D eigenvalue weighted by Gasteiger charge is 2.28. The minimum absolute atomic E-state index is 0. The standard InChI is InChI=1S/C15H17Cl5N6.ClH/c1-8(26(2)3)7-21-13-23-12(15(18,19)20)24-14(25-13)22-9-4-5-10(16)11(17)6-9;/h4-6,8H,7H2,1-3H3,(H2,21,22,23,24,25);1H. The van der Waals surface area contributed by atoms with Gasteiger partial charge >= 0.3 is 0 Å². The number of benzene rings is 1. The Morgan fingerprint density at radius 3 is 2.22 bits per heavy atom. The second kappa shape index (κ2) is 10.3. The molecule has 0 saturated heterocycles. The van der Waals surface area contributed by atoms with E-state index in [1.807, 2.05) is 14.1 Å². The predicted molar refractivity (Wildman–Crippen MR) is 118 cm³/mol. The molecule has 1 atom stereocenters.